The van der Waals surface area contributed by atoms with Crippen molar-refractivity contribution in [2.75, 3.05) is 11.9 Å². The summed E-state index contributed by atoms with van der Waals surface area (Å²) in [5, 5.41) is 15.8. The van der Waals surface area contributed by atoms with Crippen LogP contribution in [0.2, 0.25) is 0 Å². The largest absolute Gasteiger partial charge is 0.317 e. The molecule has 1 fully saturated rings. The van der Waals surface area contributed by atoms with Crippen LogP contribution in [-0.2, 0) is 4.79 Å². The summed E-state index contributed by atoms with van der Waals surface area (Å²) in [4.78, 5) is 21.6. The van der Waals surface area contributed by atoms with Gasteiger partial charge in [0.05, 0.1) is 17.0 Å². The summed E-state index contributed by atoms with van der Waals surface area (Å²) in [5.41, 5.74) is -1.41. The first kappa shape index (κ1) is 13.3. The van der Waals surface area contributed by atoms with Crippen LogP contribution in [0.25, 0.3) is 0 Å². The minimum atomic E-state index is -1.17. The third kappa shape index (κ3) is 2.84. The topological polar surface area (TPSA) is 84.3 Å². The molecule has 102 valence electrons. The Balaban J connectivity index is 2.28. The van der Waals surface area contributed by atoms with Gasteiger partial charge in [0.15, 0.2) is 11.5 Å². The smallest absolute Gasteiger partial charge is 0.298 e. The number of anilines is 1. The standard InChI is InChI=1S/C11H11F2N3O3/c12-6-4-7(13)10(9(5-6)16(18)19)15-11(17)8-2-1-3-14-8/h4-5,8,14H,1-3H2,(H,15,17). The minimum Gasteiger partial charge on any atom is -0.317 e. The van der Waals surface area contributed by atoms with Crippen molar-refractivity contribution in [3.05, 3.63) is 33.9 Å². The van der Waals surface area contributed by atoms with Crippen molar-refractivity contribution < 1.29 is 18.5 Å². The third-order valence-corrected chi connectivity index (χ3v) is 2.86. The summed E-state index contributed by atoms with van der Waals surface area (Å²) in [5.74, 6) is -2.80. The number of nitro benzene ring substituents is 1. The van der Waals surface area contributed by atoms with Gasteiger partial charge in [-0.15, -0.1) is 0 Å². The summed E-state index contributed by atoms with van der Waals surface area (Å²) in [6.45, 7) is 0.659. The first-order valence-corrected chi connectivity index (χ1v) is 5.66. The predicted molar refractivity (Wildman–Crippen MR) is 62.7 cm³/mol. The molecule has 1 aromatic carbocycles. The zero-order valence-corrected chi connectivity index (χ0v) is 9.78. The normalized spacial score (nSPS) is 18.3. The summed E-state index contributed by atoms with van der Waals surface area (Å²) in [6, 6.07) is 0.551. The maximum absolute atomic E-state index is 13.5. The highest BCUT2D eigenvalue weighted by molar-refractivity contribution is 5.97. The van der Waals surface area contributed by atoms with Crippen LogP contribution in [0.1, 0.15) is 12.8 Å². The molecule has 19 heavy (non-hydrogen) atoms. The van der Waals surface area contributed by atoms with Gasteiger partial charge in [0.2, 0.25) is 5.91 Å². The van der Waals surface area contributed by atoms with Gasteiger partial charge in [-0.1, -0.05) is 0 Å². The number of nitrogens with zero attached hydrogens (tertiary/aromatic N) is 1. The number of halogens is 2. The van der Waals surface area contributed by atoms with Gasteiger partial charge < -0.3 is 10.6 Å². The lowest BCUT2D eigenvalue weighted by Gasteiger charge is -2.11. The van der Waals surface area contributed by atoms with Crippen molar-refractivity contribution in [1.82, 2.24) is 5.32 Å². The summed E-state index contributed by atoms with van der Waals surface area (Å²) < 4.78 is 26.5. The lowest BCUT2D eigenvalue weighted by Crippen LogP contribution is -2.35. The Kier molecular flexibility index (Phi) is 3.70. The van der Waals surface area contributed by atoms with E-state index in [9.17, 15) is 23.7 Å². The zero-order valence-electron chi connectivity index (χ0n) is 9.78. The van der Waals surface area contributed by atoms with Crippen molar-refractivity contribution in [3.8, 4) is 0 Å². The first-order valence-electron chi connectivity index (χ1n) is 5.66. The molecule has 0 aromatic heterocycles. The fraction of sp³-hybridized carbons (Fsp3) is 0.364. The van der Waals surface area contributed by atoms with Crippen LogP contribution in [0.3, 0.4) is 0 Å². The summed E-state index contributed by atoms with van der Waals surface area (Å²) in [6.07, 6.45) is 1.37. The van der Waals surface area contributed by atoms with Crippen LogP contribution in [0.15, 0.2) is 12.1 Å². The average molecular weight is 271 g/mol. The predicted octanol–water partition coefficient (Wildman–Crippen LogP) is 1.56. The first-order chi connectivity index (χ1) is 8.99. The van der Waals surface area contributed by atoms with E-state index in [1.54, 1.807) is 0 Å². The fourth-order valence-corrected chi connectivity index (χ4v) is 1.95. The van der Waals surface area contributed by atoms with Crippen LogP contribution in [0.5, 0.6) is 0 Å². The number of rotatable bonds is 3. The second-order valence-electron chi connectivity index (χ2n) is 4.18. The van der Waals surface area contributed by atoms with E-state index in [1.165, 1.54) is 0 Å². The zero-order chi connectivity index (χ0) is 14.0. The molecular weight excluding hydrogens is 260 g/mol. The van der Waals surface area contributed by atoms with E-state index in [2.05, 4.69) is 10.6 Å². The van der Waals surface area contributed by atoms with Gasteiger partial charge >= 0.3 is 0 Å². The Labute approximate surface area is 106 Å². The van der Waals surface area contributed by atoms with Crippen LogP contribution in [0, 0.1) is 21.7 Å². The molecule has 1 atom stereocenters. The summed E-state index contributed by atoms with van der Waals surface area (Å²) >= 11 is 0. The molecule has 2 N–H and O–H groups in total. The molecule has 0 saturated carbocycles. The van der Waals surface area contributed by atoms with Gasteiger partial charge in [-0.2, -0.15) is 0 Å². The quantitative estimate of drug-likeness (QED) is 0.645. The van der Waals surface area contributed by atoms with Crippen molar-refractivity contribution in [3.63, 3.8) is 0 Å². The lowest BCUT2D eigenvalue weighted by atomic mass is 10.2. The van der Waals surface area contributed by atoms with E-state index in [4.69, 9.17) is 0 Å². The number of benzene rings is 1. The molecule has 1 heterocycles. The molecule has 1 aliphatic heterocycles. The Morgan fingerprint density at radius 1 is 1.47 bits per heavy atom. The Hall–Kier alpha value is -2.09. The van der Waals surface area contributed by atoms with E-state index < -0.39 is 39.9 Å². The molecule has 2 rings (SSSR count). The molecule has 0 aliphatic carbocycles. The number of carbonyl (C=O) groups is 1. The van der Waals surface area contributed by atoms with Crippen LogP contribution >= 0.6 is 0 Å². The van der Waals surface area contributed by atoms with Crippen molar-refractivity contribution in [2.24, 2.45) is 0 Å². The van der Waals surface area contributed by atoms with Gasteiger partial charge in [-0.3, -0.25) is 14.9 Å². The molecule has 1 amide bonds. The van der Waals surface area contributed by atoms with Crippen molar-refractivity contribution in [1.29, 1.82) is 0 Å². The third-order valence-electron chi connectivity index (χ3n) is 2.86. The van der Waals surface area contributed by atoms with Gasteiger partial charge in [0.25, 0.3) is 5.69 Å². The number of hydrogen-bond acceptors (Lipinski definition) is 4. The SMILES string of the molecule is O=C(Nc1c(F)cc(F)cc1[N+](=O)[O-])C1CCCN1. The van der Waals surface area contributed by atoms with Crippen LogP contribution < -0.4 is 10.6 Å². The maximum atomic E-state index is 13.5. The van der Waals surface area contributed by atoms with Gasteiger partial charge in [-0.05, 0) is 19.4 Å². The Morgan fingerprint density at radius 2 is 2.21 bits per heavy atom. The van der Waals surface area contributed by atoms with E-state index in [-0.39, 0.29) is 0 Å². The molecule has 6 nitrogen and oxygen atoms in total. The van der Waals surface area contributed by atoms with Gasteiger partial charge in [0, 0.05) is 6.07 Å². The molecule has 0 radical (unpaired) electrons. The highest BCUT2D eigenvalue weighted by atomic mass is 19.1. The molecule has 1 aliphatic rings. The molecule has 1 unspecified atom stereocenters. The highest BCUT2D eigenvalue weighted by Crippen LogP contribution is 2.29. The number of nitrogens with one attached hydrogen (secondary N) is 2. The highest BCUT2D eigenvalue weighted by Gasteiger charge is 2.27. The Bertz CT molecular complexity index is 530. The maximum Gasteiger partial charge on any atom is 0.298 e. The average Bonchev–Trinajstić information content (AvgIpc) is 2.85. The molecule has 0 spiro atoms. The molecule has 0 bridgehead atoms. The van der Waals surface area contributed by atoms with Crippen molar-refractivity contribution in [2.45, 2.75) is 18.9 Å². The Morgan fingerprint density at radius 3 is 2.79 bits per heavy atom. The van der Waals surface area contributed by atoms with Gasteiger partial charge in [-0.25, -0.2) is 8.78 Å². The number of nitro groups is 1. The lowest BCUT2D eigenvalue weighted by molar-refractivity contribution is -0.384. The molecule has 1 saturated heterocycles. The van der Waals surface area contributed by atoms with Crippen LogP contribution in [-0.4, -0.2) is 23.4 Å². The molecule has 8 heteroatoms. The molecular formula is C11H11F2N3O3. The summed E-state index contributed by atoms with van der Waals surface area (Å²) in [7, 11) is 0. The fourth-order valence-electron chi connectivity index (χ4n) is 1.95. The monoisotopic (exact) mass is 271 g/mol. The molecule has 1 aromatic rings. The second kappa shape index (κ2) is 5.27. The van der Waals surface area contributed by atoms with E-state index in [1.807, 2.05) is 0 Å². The second-order valence-corrected chi connectivity index (χ2v) is 4.18. The van der Waals surface area contributed by atoms with E-state index in [0.29, 0.717) is 25.1 Å². The van der Waals surface area contributed by atoms with Crippen molar-refractivity contribution >= 4 is 17.3 Å². The number of hydrogen-bond donors (Lipinski definition) is 2. The minimum absolute atomic E-state index is 0.491. The van der Waals surface area contributed by atoms with E-state index in [0.717, 1.165) is 6.42 Å². The number of carbonyl (C=O) groups excluding carboxylic acids is 1. The van der Waals surface area contributed by atoms with Crippen LogP contribution in [0.4, 0.5) is 20.2 Å². The van der Waals surface area contributed by atoms with Gasteiger partial charge in [0.1, 0.15) is 5.82 Å². The van der Waals surface area contributed by atoms with E-state index >= 15 is 0 Å². The number of amides is 1.